The zero-order valence-electron chi connectivity index (χ0n) is 11.8. The van der Waals surface area contributed by atoms with Gasteiger partial charge in [0.1, 0.15) is 5.82 Å². The minimum atomic E-state index is -0.196. The molecule has 0 aliphatic rings. The molecule has 0 radical (unpaired) electrons. The lowest BCUT2D eigenvalue weighted by atomic mass is 9.95. The van der Waals surface area contributed by atoms with Crippen LogP contribution in [0.5, 0.6) is 0 Å². The fourth-order valence-electron chi connectivity index (χ4n) is 2.32. The molecule has 0 saturated heterocycles. The van der Waals surface area contributed by atoms with Gasteiger partial charge in [-0.3, -0.25) is 0 Å². The maximum Gasteiger partial charge on any atom is 0.123 e. The maximum atomic E-state index is 13.5. The lowest BCUT2D eigenvalue weighted by Gasteiger charge is -2.22. The van der Waals surface area contributed by atoms with Gasteiger partial charge in [0.05, 0.1) is 6.04 Å². The fraction of sp³-hybridized carbons (Fsp3) is 0.294. The van der Waals surface area contributed by atoms with E-state index in [-0.39, 0.29) is 11.9 Å². The van der Waals surface area contributed by atoms with Gasteiger partial charge in [-0.2, -0.15) is 0 Å². The molecule has 1 atom stereocenters. The highest BCUT2D eigenvalue weighted by Gasteiger charge is 2.16. The maximum absolute atomic E-state index is 13.5. The molecule has 0 fully saturated rings. The van der Waals surface area contributed by atoms with Crippen LogP contribution in [-0.4, -0.2) is 6.54 Å². The van der Waals surface area contributed by atoms with Crippen molar-refractivity contribution >= 4 is 15.9 Å². The number of hydrogen-bond donors (Lipinski definition) is 1. The third kappa shape index (κ3) is 3.47. The predicted octanol–water partition coefficient (Wildman–Crippen LogP) is 4.99. The summed E-state index contributed by atoms with van der Waals surface area (Å²) in [6.07, 6.45) is 1.04. The van der Waals surface area contributed by atoms with Gasteiger partial charge < -0.3 is 5.32 Å². The second-order valence-electron chi connectivity index (χ2n) is 4.90. The molecule has 0 aliphatic heterocycles. The van der Waals surface area contributed by atoms with E-state index in [0.29, 0.717) is 0 Å². The average molecular weight is 336 g/mol. The third-order valence-electron chi connectivity index (χ3n) is 3.40. The number of nitrogens with one attached hydrogen (secondary N) is 1. The Labute approximate surface area is 128 Å². The minimum Gasteiger partial charge on any atom is -0.306 e. The second-order valence-corrected chi connectivity index (χ2v) is 5.75. The second kappa shape index (κ2) is 7.00. The van der Waals surface area contributed by atoms with Gasteiger partial charge in [0.25, 0.3) is 0 Å². The summed E-state index contributed by atoms with van der Waals surface area (Å²) < 4.78 is 14.6. The Kier molecular flexibility index (Phi) is 5.32. The molecule has 0 aromatic heterocycles. The molecule has 106 valence electrons. The van der Waals surface area contributed by atoms with Crippen molar-refractivity contribution in [3.05, 3.63) is 69.4 Å². The van der Waals surface area contributed by atoms with Crippen molar-refractivity contribution < 1.29 is 4.39 Å². The summed E-state index contributed by atoms with van der Waals surface area (Å²) in [5.41, 5.74) is 3.32. The van der Waals surface area contributed by atoms with Gasteiger partial charge in [0, 0.05) is 4.47 Å². The van der Waals surface area contributed by atoms with Crippen LogP contribution >= 0.6 is 15.9 Å². The molecule has 0 heterocycles. The zero-order chi connectivity index (χ0) is 14.5. The molecule has 0 spiro atoms. The Hall–Kier alpha value is -1.19. The molecular formula is C17H19BrFN. The van der Waals surface area contributed by atoms with Crippen LogP contribution in [0.2, 0.25) is 0 Å². The van der Waals surface area contributed by atoms with Gasteiger partial charge in [0.2, 0.25) is 0 Å². The largest absolute Gasteiger partial charge is 0.306 e. The molecular weight excluding hydrogens is 317 g/mol. The highest BCUT2D eigenvalue weighted by molar-refractivity contribution is 9.10. The van der Waals surface area contributed by atoms with Crippen LogP contribution in [0.25, 0.3) is 0 Å². The first-order valence-electron chi connectivity index (χ1n) is 6.87. The molecule has 1 nitrogen and oxygen atoms in total. The normalized spacial score (nSPS) is 12.4. The number of halogens is 2. The van der Waals surface area contributed by atoms with Crippen molar-refractivity contribution in [3.8, 4) is 0 Å². The average Bonchev–Trinajstić information content (AvgIpc) is 2.44. The molecule has 2 rings (SSSR count). The van der Waals surface area contributed by atoms with Crippen molar-refractivity contribution in [1.82, 2.24) is 5.32 Å². The lowest BCUT2D eigenvalue weighted by Crippen LogP contribution is -2.24. The summed E-state index contributed by atoms with van der Waals surface area (Å²) in [6, 6.07) is 13.0. The van der Waals surface area contributed by atoms with E-state index in [1.54, 1.807) is 12.1 Å². The highest BCUT2D eigenvalue weighted by Crippen LogP contribution is 2.29. The van der Waals surface area contributed by atoms with Crippen molar-refractivity contribution in [1.29, 1.82) is 0 Å². The van der Waals surface area contributed by atoms with Crippen molar-refractivity contribution in [2.24, 2.45) is 0 Å². The molecule has 0 amide bonds. The molecule has 2 aromatic rings. The van der Waals surface area contributed by atoms with Gasteiger partial charge in [-0.25, -0.2) is 4.39 Å². The molecule has 3 heteroatoms. The fourth-order valence-corrected chi connectivity index (χ4v) is 2.70. The first-order chi connectivity index (χ1) is 9.63. The van der Waals surface area contributed by atoms with E-state index < -0.39 is 0 Å². The topological polar surface area (TPSA) is 12.0 Å². The molecule has 1 unspecified atom stereocenters. The van der Waals surface area contributed by atoms with E-state index >= 15 is 0 Å². The number of benzene rings is 2. The third-order valence-corrected chi connectivity index (χ3v) is 4.26. The Morgan fingerprint density at radius 1 is 1.20 bits per heavy atom. The quantitative estimate of drug-likeness (QED) is 0.811. The van der Waals surface area contributed by atoms with E-state index in [4.69, 9.17) is 0 Å². The Morgan fingerprint density at radius 3 is 2.65 bits per heavy atom. The van der Waals surface area contributed by atoms with Crippen LogP contribution in [0.15, 0.2) is 46.9 Å². The number of rotatable bonds is 5. The van der Waals surface area contributed by atoms with Crippen molar-refractivity contribution in [3.63, 3.8) is 0 Å². The van der Waals surface area contributed by atoms with E-state index in [1.807, 2.05) is 18.2 Å². The molecule has 20 heavy (non-hydrogen) atoms. The first-order valence-corrected chi connectivity index (χ1v) is 7.66. The molecule has 0 bridgehead atoms. The zero-order valence-corrected chi connectivity index (χ0v) is 13.4. The molecule has 1 N–H and O–H groups in total. The van der Waals surface area contributed by atoms with Crippen LogP contribution in [0.4, 0.5) is 4.39 Å². The van der Waals surface area contributed by atoms with Gasteiger partial charge in [-0.05, 0) is 54.8 Å². The molecule has 2 aromatic carbocycles. The Bertz CT molecular complexity index is 583. The summed E-state index contributed by atoms with van der Waals surface area (Å²) in [6.45, 7) is 5.11. The Morgan fingerprint density at radius 2 is 1.95 bits per heavy atom. The van der Waals surface area contributed by atoms with Gasteiger partial charge >= 0.3 is 0 Å². The standard InChI is InChI=1S/C17H19BrFN/c1-3-10-20-17(13-6-4-7-14(19)11-13)15-8-5-9-16(18)12(15)2/h4-9,11,17,20H,3,10H2,1-2H3. The predicted molar refractivity (Wildman–Crippen MR) is 85.4 cm³/mol. The van der Waals surface area contributed by atoms with Crippen LogP contribution in [0, 0.1) is 12.7 Å². The van der Waals surface area contributed by atoms with E-state index in [1.165, 1.54) is 17.2 Å². The summed E-state index contributed by atoms with van der Waals surface area (Å²) in [5.74, 6) is -0.196. The van der Waals surface area contributed by atoms with Gasteiger partial charge in [-0.1, -0.05) is 47.1 Å². The van der Waals surface area contributed by atoms with Crippen LogP contribution in [-0.2, 0) is 0 Å². The minimum absolute atomic E-state index is 0.0168. The smallest absolute Gasteiger partial charge is 0.123 e. The highest BCUT2D eigenvalue weighted by atomic mass is 79.9. The summed E-state index contributed by atoms with van der Waals surface area (Å²) in [4.78, 5) is 0. The van der Waals surface area contributed by atoms with Gasteiger partial charge in [-0.15, -0.1) is 0 Å². The lowest BCUT2D eigenvalue weighted by molar-refractivity contribution is 0.583. The van der Waals surface area contributed by atoms with Crippen LogP contribution < -0.4 is 5.32 Å². The summed E-state index contributed by atoms with van der Waals surface area (Å²) in [5, 5.41) is 3.51. The van der Waals surface area contributed by atoms with Crippen LogP contribution in [0.3, 0.4) is 0 Å². The summed E-state index contributed by atoms with van der Waals surface area (Å²) >= 11 is 3.57. The summed E-state index contributed by atoms with van der Waals surface area (Å²) in [7, 11) is 0. The first kappa shape index (κ1) is 15.2. The van der Waals surface area contributed by atoms with Gasteiger partial charge in [0.15, 0.2) is 0 Å². The molecule has 0 saturated carbocycles. The van der Waals surface area contributed by atoms with Crippen molar-refractivity contribution in [2.45, 2.75) is 26.3 Å². The SMILES string of the molecule is CCCNC(c1cccc(F)c1)c1cccc(Br)c1C. The number of hydrogen-bond acceptors (Lipinski definition) is 1. The molecule has 0 aliphatic carbocycles. The van der Waals surface area contributed by atoms with Crippen LogP contribution in [0.1, 0.15) is 36.1 Å². The van der Waals surface area contributed by atoms with E-state index in [0.717, 1.165) is 23.0 Å². The van der Waals surface area contributed by atoms with E-state index in [9.17, 15) is 4.39 Å². The monoisotopic (exact) mass is 335 g/mol. The van der Waals surface area contributed by atoms with E-state index in [2.05, 4.69) is 41.2 Å². The Balaban J connectivity index is 2.44. The van der Waals surface area contributed by atoms with Crippen molar-refractivity contribution in [2.75, 3.05) is 6.54 Å².